The highest BCUT2D eigenvalue weighted by molar-refractivity contribution is 7.99. The van der Waals surface area contributed by atoms with Crippen LogP contribution in [0.5, 0.6) is 5.75 Å². The minimum absolute atomic E-state index is 0.271. The fourth-order valence-corrected chi connectivity index (χ4v) is 6.87. The molecule has 1 fully saturated rings. The van der Waals surface area contributed by atoms with Gasteiger partial charge in [0.1, 0.15) is 5.75 Å². The molecule has 182 valence electrons. The van der Waals surface area contributed by atoms with E-state index in [2.05, 4.69) is 38.8 Å². The molecule has 2 unspecified atom stereocenters. The molecular formula is C27H34N2O3S2. The van der Waals surface area contributed by atoms with Gasteiger partial charge in [-0.15, -0.1) is 11.8 Å². The number of aromatic nitrogens is 1. The van der Waals surface area contributed by atoms with Crippen molar-refractivity contribution in [3.05, 3.63) is 52.9 Å². The van der Waals surface area contributed by atoms with E-state index in [4.69, 9.17) is 4.74 Å². The fourth-order valence-electron chi connectivity index (χ4n) is 5.08. The summed E-state index contributed by atoms with van der Waals surface area (Å²) in [5, 5.41) is 14.8. The van der Waals surface area contributed by atoms with Crippen LogP contribution in [0.4, 0.5) is 0 Å². The van der Waals surface area contributed by atoms with Crippen LogP contribution in [0.3, 0.4) is 0 Å². The van der Waals surface area contributed by atoms with E-state index < -0.39 is 5.97 Å². The van der Waals surface area contributed by atoms with Gasteiger partial charge in [0.2, 0.25) is 0 Å². The van der Waals surface area contributed by atoms with Crippen LogP contribution in [0.15, 0.2) is 52.2 Å². The quantitative estimate of drug-likeness (QED) is 0.299. The van der Waals surface area contributed by atoms with Crippen molar-refractivity contribution in [1.29, 1.82) is 0 Å². The van der Waals surface area contributed by atoms with Crippen molar-refractivity contribution in [2.45, 2.75) is 43.4 Å². The van der Waals surface area contributed by atoms with Gasteiger partial charge in [0.15, 0.2) is 0 Å². The van der Waals surface area contributed by atoms with Gasteiger partial charge < -0.3 is 14.7 Å². The summed E-state index contributed by atoms with van der Waals surface area (Å²) in [6.07, 6.45) is 7.38. The summed E-state index contributed by atoms with van der Waals surface area (Å²) < 4.78 is 5.41. The Bertz CT molecular complexity index is 1060. The standard InChI is InChI=1S/C27H34N2O3S2/c1-32-23-6-7-26-25(17-23)21(9-12-28-26)4-2-3-20-10-13-29(18-22(20)5-8-27(30)31)14-16-34-24-11-15-33-19-24/h6-7,9,11-12,15,17,19-20,22H,2-5,8,10,13-14,16,18H2,1H3,(H,30,31). The average molecular weight is 499 g/mol. The van der Waals surface area contributed by atoms with Gasteiger partial charge in [0.05, 0.1) is 12.6 Å². The second-order valence-electron chi connectivity index (χ2n) is 9.09. The summed E-state index contributed by atoms with van der Waals surface area (Å²) in [5.41, 5.74) is 2.32. The molecule has 0 bridgehead atoms. The van der Waals surface area contributed by atoms with Crippen LogP contribution < -0.4 is 4.74 Å². The molecule has 5 nitrogen and oxygen atoms in total. The molecule has 1 N–H and O–H groups in total. The Morgan fingerprint density at radius 2 is 2.18 bits per heavy atom. The summed E-state index contributed by atoms with van der Waals surface area (Å²) in [6.45, 7) is 3.22. The lowest BCUT2D eigenvalue weighted by Gasteiger charge is -2.39. The zero-order valence-corrected chi connectivity index (χ0v) is 21.5. The second kappa shape index (κ2) is 12.6. The lowest BCUT2D eigenvalue weighted by molar-refractivity contribution is -0.137. The summed E-state index contributed by atoms with van der Waals surface area (Å²) in [4.78, 5) is 19.7. The second-order valence-corrected chi connectivity index (χ2v) is 11.0. The van der Waals surface area contributed by atoms with Crippen molar-refractivity contribution in [2.75, 3.05) is 32.5 Å². The van der Waals surface area contributed by atoms with Crippen molar-refractivity contribution in [2.24, 2.45) is 11.8 Å². The number of hydrogen-bond acceptors (Lipinski definition) is 6. The van der Waals surface area contributed by atoms with Crippen molar-refractivity contribution in [1.82, 2.24) is 9.88 Å². The first-order valence-electron chi connectivity index (χ1n) is 12.1. The third-order valence-electron chi connectivity index (χ3n) is 6.94. The van der Waals surface area contributed by atoms with Crippen molar-refractivity contribution < 1.29 is 14.6 Å². The van der Waals surface area contributed by atoms with Gasteiger partial charge in [0, 0.05) is 47.1 Å². The van der Waals surface area contributed by atoms with Crippen LogP contribution in [0, 0.1) is 11.8 Å². The zero-order chi connectivity index (χ0) is 23.8. The molecule has 0 amide bonds. The third-order valence-corrected chi connectivity index (χ3v) is 8.74. The van der Waals surface area contributed by atoms with Crippen LogP contribution in [-0.4, -0.2) is 53.5 Å². The number of thiophene rings is 1. The first-order valence-corrected chi connectivity index (χ1v) is 14.1. The molecule has 2 aromatic heterocycles. The van der Waals surface area contributed by atoms with E-state index in [1.165, 1.54) is 15.8 Å². The molecule has 1 saturated heterocycles. The Morgan fingerprint density at radius 3 is 2.97 bits per heavy atom. The monoisotopic (exact) mass is 498 g/mol. The van der Waals surface area contributed by atoms with Crippen LogP contribution in [0.2, 0.25) is 0 Å². The number of fused-ring (bicyclic) bond motifs is 1. The molecule has 0 aliphatic carbocycles. The molecule has 1 aromatic carbocycles. The molecule has 34 heavy (non-hydrogen) atoms. The Labute approximate surface area is 210 Å². The van der Waals surface area contributed by atoms with Crippen LogP contribution in [-0.2, 0) is 11.2 Å². The van der Waals surface area contributed by atoms with E-state index in [0.717, 1.165) is 68.8 Å². The Hall–Kier alpha value is -2.09. The van der Waals surface area contributed by atoms with Gasteiger partial charge >= 0.3 is 5.97 Å². The number of benzene rings is 1. The Balaban J connectivity index is 1.32. The first kappa shape index (κ1) is 25.0. The van der Waals surface area contributed by atoms with Crippen molar-refractivity contribution in [3.63, 3.8) is 0 Å². The van der Waals surface area contributed by atoms with Gasteiger partial charge in [-0.2, -0.15) is 11.3 Å². The highest BCUT2D eigenvalue weighted by atomic mass is 32.2. The number of aliphatic carboxylic acids is 1. The molecule has 1 aliphatic heterocycles. The number of rotatable bonds is 12. The number of piperidine rings is 1. The number of likely N-dealkylation sites (tertiary alicyclic amines) is 1. The van der Waals surface area contributed by atoms with E-state index in [-0.39, 0.29) is 6.42 Å². The maximum absolute atomic E-state index is 11.3. The summed E-state index contributed by atoms with van der Waals surface area (Å²) in [7, 11) is 1.70. The number of nitrogens with zero attached hydrogens (tertiary/aromatic N) is 2. The summed E-state index contributed by atoms with van der Waals surface area (Å²) in [5.74, 6) is 2.33. The maximum Gasteiger partial charge on any atom is 0.303 e. The normalized spacial score (nSPS) is 18.9. The molecule has 0 saturated carbocycles. The Morgan fingerprint density at radius 1 is 1.26 bits per heavy atom. The number of thioether (sulfide) groups is 1. The van der Waals surface area contributed by atoms with Gasteiger partial charge in [-0.1, -0.05) is 0 Å². The third kappa shape index (κ3) is 6.96. The molecule has 0 radical (unpaired) electrons. The number of carboxylic acid groups (broad SMARTS) is 1. The van der Waals surface area contributed by atoms with E-state index in [0.29, 0.717) is 11.8 Å². The Kier molecular flexibility index (Phi) is 9.25. The lowest BCUT2D eigenvalue weighted by Crippen LogP contribution is -2.41. The van der Waals surface area contributed by atoms with Crippen molar-refractivity contribution in [3.8, 4) is 5.75 Å². The van der Waals surface area contributed by atoms with Gasteiger partial charge in [-0.05, 0) is 91.8 Å². The molecule has 4 rings (SSSR count). The zero-order valence-electron chi connectivity index (χ0n) is 19.8. The van der Waals surface area contributed by atoms with E-state index >= 15 is 0 Å². The topological polar surface area (TPSA) is 62.7 Å². The maximum atomic E-state index is 11.3. The fraction of sp³-hybridized carbons (Fsp3) is 0.481. The number of carboxylic acids is 1. The van der Waals surface area contributed by atoms with Gasteiger partial charge in [-0.3, -0.25) is 9.78 Å². The highest BCUT2D eigenvalue weighted by Crippen LogP contribution is 2.33. The lowest BCUT2D eigenvalue weighted by atomic mass is 9.79. The van der Waals surface area contributed by atoms with Gasteiger partial charge in [-0.25, -0.2) is 0 Å². The first-order chi connectivity index (χ1) is 16.6. The number of hydrogen-bond donors (Lipinski definition) is 1. The molecule has 1 aliphatic rings. The predicted octanol–water partition coefficient (Wildman–Crippen LogP) is 6.22. The van der Waals surface area contributed by atoms with Crippen LogP contribution >= 0.6 is 23.1 Å². The minimum atomic E-state index is -0.680. The number of ether oxygens (including phenoxy) is 1. The van der Waals surface area contributed by atoms with E-state index in [9.17, 15) is 9.90 Å². The minimum Gasteiger partial charge on any atom is -0.497 e. The molecule has 7 heteroatoms. The van der Waals surface area contributed by atoms with E-state index in [1.54, 1.807) is 18.4 Å². The largest absolute Gasteiger partial charge is 0.497 e. The predicted molar refractivity (Wildman–Crippen MR) is 141 cm³/mol. The van der Waals surface area contributed by atoms with Gasteiger partial charge in [0.25, 0.3) is 0 Å². The summed E-state index contributed by atoms with van der Waals surface area (Å²) >= 11 is 3.66. The molecule has 2 atom stereocenters. The molecular weight excluding hydrogens is 464 g/mol. The smallest absolute Gasteiger partial charge is 0.303 e. The highest BCUT2D eigenvalue weighted by Gasteiger charge is 2.29. The number of methoxy groups -OCH3 is 1. The molecule has 3 heterocycles. The van der Waals surface area contributed by atoms with Crippen molar-refractivity contribution >= 4 is 40.0 Å². The number of aryl methyl sites for hydroxylation is 1. The molecule has 3 aromatic rings. The van der Waals surface area contributed by atoms with Crippen LogP contribution in [0.25, 0.3) is 10.9 Å². The SMILES string of the molecule is COc1ccc2nccc(CCCC3CCN(CCSc4ccsc4)CC3CCC(=O)O)c2c1. The average Bonchev–Trinajstić information content (AvgIpc) is 3.37. The van der Waals surface area contributed by atoms with Crippen LogP contribution in [0.1, 0.15) is 37.7 Å². The van der Waals surface area contributed by atoms with E-state index in [1.807, 2.05) is 30.1 Å². The number of pyridine rings is 1. The number of carbonyl (C=O) groups is 1. The summed E-state index contributed by atoms with van der Waals surface area (Å²) in [6, 6.07) is 10.4. The molecule has 0 spiro atoms.